The Kier molecular flexibility index (Phi) is 5.92. The summed E-state index contributed by atoms with van der Waals surface area (Å²) in [6.45, 7) is 8.32. The SMILES string of the molecule is CC(C)(C)C(=O)N1CCN(CC(=O)O)CC1.Cl. The van der Waals surface area contributed by atoms with Gasteiger partial charge >= 0.3 is 5.97 Å². The molecule has 17 heavy (non-hydrogen) atoms. The lowest BCUT2D eigenvalue weighted by Gasteiger charge is -2.37. The molecule has 1 rings (SSSR count). The summed E-state index contributed by atoms with van der Waals surface area (Å²) in [5.41, 5.74) is -0.352. The number of halogens is 1. The van der Waals surface area contributed by atoms with Crippen molar-refractivity contribution in [3.63, 3.8) is 0 Å². The number of hydrogen-bond acceptors (Lipinski definition) is 3. The van der Waals surface area contributed by atoms with E-state index in [1.807, 2.05) is 30.6 Å². The highest BCUT2D eigenvalue weighted by atomic mass is 35.5. The van der Waals surface area contributed by atoms with Crippen LogP contribution in [-0.2, 0) is 9.59 Å². The highest BCUT2D eigenvalue weighted by molar-refractivity contribution is 5.85. The van der Waals surface area contributed by atoms with Crippen molar-refractivity contribution in [3.8, 4) is 0 Å². The van der Waals surface area contributed by atoms with E-state index >= 15 is 0 Å². The van der Waals surface area contributed by atoms with Gasteiger partial charge in [-0.15, -0.1) is 12.4 Å². The molecular formula is C11H21ClN2O3. The maximum Gasteiger partial charge on any atom is 0.317 e. The lowest BCUT2D eigenvalue weighted by molar-refractivity contribution is -0.142. The van der Waals surface area contributed by atoms with Crippen molar-refractivity contribution in [1.82, 2.24) is 9.80 Å². The molecule has 1 aliphatic rings. The molecule has 1 amide bonds. The highest BCUT2D eigenvalue weighted by Crippen LogP contribution is 2.18. The van der Waals surface area contributed by atoms with Crippen LogP contribution >= 0.6 is 12.4 Å². The first kappa shape index (κ1) is 16.2. The van der Waals surface area contributed by atoms with Gasteiger partial charge in [0.2, 0.25) is 5.91 Å². The van der Waals surface area contributed by atoms with E-state index < -0.39 is 5.97 Å². The zero-order chi connectivity index (χ0) is 12.3. The van der Waals surface area contributed by atoms with E-state index in [4.69, 9.17) is 5.11 Å². The number of carbonyl (C=O) groups excluding carboxylic acids is 1. The first-order chi connectivity index (χ1) is 7.30. The van der Waals surface area contributed by atoms with Gasteiger partial charge in [0.05, 0.1) is 6.54 Å². The molecule has 0 radical (unpaired) electrons. The van der Waals surface area contributed by atoms with E-state index in [9.17, 15) is 9.59 Å². The molecule has 0 atom stereocenters. The van der Waals surface area contributed by atoms with Crippen LogP contribution in [0.4, 0.5) is 0 Å². The molecule has 0 aromatic rings. The minimum absolute atomic E-state index is 0. The Hall–Kier alpha value is -0.810. The van der Waals surface area contributed by atoms with Gasteiger partial charge in [0.1, 0.15) is 0 Å². The number of amides is 1. The lowest BCUT2D eigenvalue weighted by Crippen LogP contribution is -2.52. The summed E-state index contributed by atoms with van der Waals surface area (Å²) >= 11 is 0. The first-order valence-electron chi connectivity index (χ1n) is 5.54. The third-order valence-electron chi connectivity index (χ3n) is 2.66. The second-order valence-electron chi connectivity index (χ2n) is 5.21. The minimum atomic E-state index is -0.810. The molecule has 1 heterocycles. The smallest absolute Gasteiger partial charge is 0.317 e. The normalized spacial score (nSPS) is 17.5. The number of carboxylic acids is 1. The molecule has 100 valence electrons. The van der Waals surface area contributed by atoms with Gasteiger partial charge in [-0.25, -0.2) is 0 Å². The Morgan fingerprint density at radius 1 is 1.12 bits per heavy atom. The first-order valence-corrected chi connectivity index (χ1v) is 5.54. The monoisotopic (exact) mass is 264 g/mol. The van der Waals surface area contributed by atoms with Crippen LogP contribution in [0.25, 0.3) is 0 Å². The Labute approximate surface area is 108 Å². The molecule has 0 unspecified atom stereocenters. The Balaban J connectivity index is 0.00000256. The molecule has 0 aromatic carbocycles. The summed E-state index contributed by atoms with van der Waals surface area (Å²) in [7, 11) is 0. The third kappa shape index (κ3) is 4.91. The maximum absolute atomic E-state index is 11.9. The summed E-state index contributed by atoms with van der Waals surface area (Å²) in [6, 6.07) is 0. The molecule has 0 aromatic heterocycles. The minimum Gasteiger partial charge on any atom is -0.480 e. The molecule has 0 spiro atoms. The van der Waals surface area contributed by atoms with Gasteiger partial charge < -0.3 is 10.0 Å². The quantitative estimate of drug-likeness (QED) is 0.797. The molecule has 0 aliphatic carbocycles. The number of aliphatic carboxylic acids is 1. The van der Waals surface area contributed by atoms with Gasteiger partial charge in [0.15, 0.2) is 0 Å². The average molecular weight is 265 g/mol. The topological polar surface area (TPSA) is 60.9 Å². The van der Waals surface area contributed by atoms with Crippen molar-refractivity contribution in [3.05, 3.63) is 0 Å². The van der Waals surface area contributed by atoms with Gasteiger partial charge in [0, 0.05) is 31.6 Å². The summed E-state index contributed by atoms with van der Waals surface area (Å²) in [4.78, 5) is 26.1. The number of carbonyl (C=O) groups is 2. The molecule has 0 bridgehead atoms. The molecule has 1 aliphatic heterocycles. The van der Waals surface area contributed by atoms with Crippen molar-refractivity contribution in [2.45, 2.75) is 20.8 Å². The molecular weight excluding hydrogens is 244 g/mol. The standard InChI is InChI=1S/C11H20N2O3.ClH/c1-11(2,3)10(16)13-6-4-12(5-7-13)8-9(14)15;/h4-8H2,1-3H3,(H,14,15);1H. The largest absolute Gasteiger partial charge is 0.480 e. The second-order valence-corrected chi connectivity index (χ2v) is 5.21. The maximum atomic E-state index is 11.9. The molecule has 1 N–H and O–H groups in total. The summed E-state index contributed by atoms with van der Waals surface area (Å²) in [5, 5.41) is 8.65. The van der Waals surface area contributed by atoms with Crippen molar-refractivity contribution in [1.29, 1.82) is 0 Å². The second kappa shape index (κ2) is 6.21. The van der Waals surface area contributed by atoms with Crippen LogP contribution in [0.3, 0.4) is 0 Å². The van der Waals surface area contributed by atoms with Crippen molar-refractivity contribution < 1.29 is 14.7 Å². The van der Waals surface area contributed by atoms with E-state index in [2.05, 4.69) is 0 Å². The van der Waals surface area contributed by atoms with Gasteiger partial charge in [-0.1, -0.05) is 20.8 Å². The summed E-state index contributed by atoms with van der Waals surface area (Å²) in [5.74, 6) is -0.668. The van der Waals surface area contributed by atoms with Gasteiger partial charge in [-0.2, -0.15) is 0 Å². The van der Waals surface area contributed by atoms with Crippen LogP contribution in [0, 0.1) is 5.41 Å². The number of carboxylic acid groups (broad SMARTS) is 1. The zero-order valence-electron chi connectivity index (χ0n) is 10.6. The molecule has 1 saturated heterocycles. The van der Waals surface area contributed by atoms with Crippen molar-refractivity contribution in [2.75, 3.05) is 32.7 Å². The zero-order valence-corrected chi connectivity index (χ0v) is 11.4. The van der Waals surface area contributed by atoms with Gasteiger partial charge in [-0.3, -0.25) is 14.5 Å². The summed E-state index contributed by atoms with van der Waals surface area (Å²) in [6.07, 6.45) is 0. The number of nitrogens with zero attached hydrogens (tertiary/aromatic N) is 2. The van der Waals surface area contributed by atoms with E-state index in [1.54, 1.807) is 0 Å². The summed E-state index contributed by atoms with van der Waals surface area (Å²) < 4.78 is 0. The van der Waals surface area contributed by atoms with Crippen molar-refractivity contribution >= 4 is 24.3 Å². The van der Waals surface area contributed by atoms with Crippen LogP contribution in [0.15, 0.2) is 0 Å². The van der Waals surface area contributed by atoms with Crippen LogP contribution in [0.1, 0.15) is 20.8 Å². The predicted molar refractivity (Wildman–Crippen MR) is 67.4 cm³/mol. The Morgan fingerprint density at radius 3 is 1.94 bits per heavy atom. The van der Waals surface area contributed by atoms with Crippen molar-refractivity contribution in [2.24, 2.45) is 5.41 Å². The van der Waals surface area contributed by atoms with Crippen LogP contribution in [-0.4, -0.2) is 59.5 Å². The predicted octanol–water partition coefficient (Wildman–Crippen LogP) is 0.683. The number of rotatable bonds is 2. The molecule has 0 saturated carbocycles. The average Bonchev–Trinajstić information content (AvgIpc) is 2.15. The van der Waals surface area contributed by atoms with Crippen LogP contribution < -0.4 is 0 Å². The lowest BCUT2D eigenvalue weighted by atomic mass is 9.94. The number of piperazine rings is 1. The van der Waals surface area contributed by atoms with Gasteiger partial charge in [-0.05, 0) is 0 Å². The molecule has 5 nitrogen and oxygen atoms in total. The van der Waals surface area contributed by atoms with E-state index in [0.29, 0.717) is 26.2 Å². The number of hydrogen-bond donors (Lipinski definition) is 1. The Bertz CT molecular complexity index is 281. The van der Waals surface area contributed by atoms with E-state index in [1.165, 1.54) is 0 Å². The third-order valence-corrected chi connectivity index (χ3v) is 2.66. The van der Waals surface area contributed by atoms with Crippen LogP contribution in [0.5, 0.6) is 0 Å². The molecule has 1 fully saturated rings. The van der Waals surface area contributed by atoms with Gasteiger partial charge in [0.25, 0.3) is 0 Å². The highest BCUT2D eigenvalue weighted by Gasteiger charge is 2.29. The van der Waals surface area contributed by atoms with Crippen LogP contribution in [0.2, 0.25) is 0 Å². The van der Waals surface area contributed by atoms with E-state index in [-0.39, 0.29) is 30.3 Å². The fourth-order valence-electron chi connectivity index (χ4n) is 1.77. The molecule has 6 heteroatoms. The fraction of sp³-hybridized carbons (Fsp3) is 0.818. The Morgan fingerprint density at radius 2 is 1.59 bits per heavy atom. The van der Waals surface area contributed by atoms with E-state index in [0.717, 1.165) is 0 Å². The fourth-order valence-corrected chi connectivity index (χ4v) is 1.77.